The van der Waals surface area contributed by atoms with Crippen molar-refractivity contribution in [2.24, 2.45) is 0 Å². The zero-order chi connectivity index (χ0) is 15.5. The zero-order valence-electron chi connectivity index (χ0n) is 12.6. The van der Waals surface area contributed by atoms with Crippen molar-refractivity contribution in [3.05, 3.63) is 46.7 Å². The molecule has 1 amide bonds. The maximum Gasteiger partial charge on any atom is 0.333 e. The molecule has 0 aliphatic heterocycles. The Hall–Kier alpha value is -2.10. The van der Waals surface area contributed by atoms with E-state index in [1.54, 1.807) is 19.1 Å². The summed E-state index contributed by atoms with van der Waals surface area (Å²) in [6.07, 6.45) is 0. The van der Waals surface area contributed by atoms with Crippen LogP contribution >= 0.6 is 0 Å². The van der Waals surface area contributed by atoms with Crippen LogP contribution in [0.4, 0.5) is 0 Å². The average Bonchev–Trinajstić information content (AvgIpc) is 2.36. The van der Waals surface area contributed by atoms with Crippen LogP contribution in [0.25, 0.3) is 0 Å². The maximum atomic E-state index is 12.0. The van der Waals surface area contributed by atoms with Gasteiger partial charge in [-0.2, -0.15) is 0 Å². The summed E-state index contributed by atoms with van der Waals surface area (Å²) >= 11 is 0. The number of aliphatic carboxylic acids is 1. The van der Waals surface area contributed by atoms with Crippen LogP contribution in [0.1, 0.15) is 50.5 Å². The van der Waals surface area contributed by atoms with Gasteiger partial charge in [0.2, 0.25) is 0 Å². The largest absolute Gasteiger partial charge is 0.478 e. The highest BCUT2D eigenvalue weighted by Gasteiger charge is 2.15. The average molecular weight is 275 g/mol. The molecule has 4 nitrogen and oxygen atoms in total. The molecule has 1 rings (SSSR count). The van der Waals surface area contributed by atoms with Crippen molar-refractivity contribution in [1.29, 1.82) is 0 Å². The fourth-order valence-electron chi connectivity index (χ4n) is 1.62. The Bertz CT molecular complexity index is 548. The van der Waals surface area contributed by atoms with Gasteiger partial charge in [0.25, 0.3) is 5.91 Å². The van der Waals surface area contributed by atoms with Crippen molar-refractivity contribution in [3.63, 3.8) is 0 Å². The van der Waals surface area contributed by atoms with Gasteiger partial charge in [0.05, 0.1) is 5.57 Å². The molecule has 0 aliphatic rings. The number of amides is 1. The number of carboxylic acid groups (broad SMARTS) is 1. The monoisotopic (exact) mass is 275 g/mol. The van der Waals surface area contributed by atoms with Gasteiger partial charge < -0.3 is 10.4 Å². The van der Waals surface area contributed by atoms with Crippen molar-refractivity contribution in [2.45, 2.75) is 40.0 Å². The molecule has 108 valence electrons. The third kappa shape index (κ3) is 3.95. The molecule has 0 bridgehead atoms. The summed E-state index contributed by atoms with van der Waals surface area (Å²) in [5, 5.41) is 11.4. The first-order valence-corrected chi connectivity index (χ1v) is 6.45. The highest BCUT2D eigenvalue weighted by molar-refractivity contribution is 5.96. The molecule has 0 aromatic heterocycles. The van der Waals surface area contributed by atoms with Gasteiger partial charge in [-0.3, -0.25) is 4.79 Å². The molecule has 1 aromatic rings. The number of carbonyl (C=O) groups is 2. The quantitative estimate of drug-likeness (QED) is 0.833. The van der Waals surface area contributed by atoms with E-state index in [1.165, 1.54) is 6.92 Å². The van der Waals surface area contributed by atoms with Crippen LogP contribution in [0.5, 0.6) is 0 Å². The lowest BCUT2D eigenvalue weighted by Crippen LogP contribution is -2.23. The van der Waals surface area contributed by atoms with Crippen molar-refractivity contribution < 1.29 is 14.7 Å². The van der Waals surface area contributed by atoms with Gasteiger partial charge in [0.15, 0.2) is 0 Å². The Kier molecular flexibility index (Phi) is 4.71. The second kappa shape index (κ2) is 5.90. The van der Waals surface area contributed by atoms with Crippen LogP contribution in [0.15, 0.2) is 35.5 Å². The van der Waals surface area contributed by atoms with E-state index in [0.29, 0.717) is 11.3 Å². The van der Waals surface area contributed by atoms with E-state index in [0.717, 1.165) is 5.56 Å². The third-order valence-corrected chi connectivity index (χ3v) is 3.20. The van der Waals surface area contributed by atoms with Gasteiger partial charge >= 0.3 is 5.97 Å². The van der Waals surface area contributed by atoms with E-state index < -0.39 is 5.97 Å². The van der Waals surface area contributed by atoms with Crippen molar-refractivity contribution in [1.82, 2.24) is 5.32 Å². The summed E-state index contributed by atoms with van der Waals surface area (Å²) in [6.45, 7) is 9.34. The van der Waals surface area contributed by atoms with Crippen molar-refractivity contribution >= 4 is 11.9 Å². The molecule has 4 heteroatoms. The number of hydrogen-bond acceptors (Lipinski definition) is 2. The Balaban J connectivity index is 2.90. The summed E-state index contributed by atoms with van der Waals surface area (Å²) in [7, 11) is 0. The zero-order valence-corrected chi connectivity index (χ0v) is 12.6. The number of allylic oxidation sites excluding steroid dienone is 1. The Morgan fingerprint density at radius 3 is 1.95 bits per heavy atom. The van der Waals surface area contributed by atoms with E-state index in [9.17, 15) is 9.59 Å². The molecule has 0 saturated carbocycles. The van der Waals surface area contributed by atoms with Gasteiger partial charge in [-0.15, -0.1) is 0 Å². The summed E-state index contributed by atoms with van der Waals surface area (Å²) in [6, 6.07) is 7.33. The number of carbonyl (C=O) groups excluding carboxylic acids is 1. The van der Waals surface area contributed by atoms with Gasteiger partial charge in [-0.1, -0.05) is 32.9 Å². The molecule has 0 radical (unpaired) electrons. The molecule has 0 saturated heterocycles. The van der Waals surface area contributed by atoms with Crippen molar-refractivity contribution in [3.8, 4) is 0 Å². The van der Waals surface area contributed by atoms with E-state index in [1.807, 2.05) is 12.1 Å². The van der Waals surface area contributed by atoms with Crippen LogP contribution in [-0.4, -0.2) is 17.0 Å². The summed E-state index contributed by atoms with van der Waals surface area (Å²) in [5.41, 5.74) is 2.16. The molecule has 0 aliphatic carbocycles. The second-order valence-corrected chi connectivity index (χ2v) is 5.84. The lowest BCUT2D eigenvalue weighted by Gasteiger charge is -2.19. The van der Waals surface area contributed by atoms with E-state index in [4.69, 9.17) is 5.11 Å². The normalized spacial score (nSPS) is 12.7. The Labute approximate surface area is 119 Å². The first-order valence-electron chi connectivity index (χ1n) is 6.45. The molecule has 0 heterocycles. The Morgan fingerprint density at radius 1 is 1.05 bits per heavy atom. The number of nitrogens with one attached hydrogen (secondary N) is 1. The first-order chi connectivity index (χ1) is 9.12. The fraction of sp³-hybridized carbons (Fsp3) is 0.375. The van der Waals surface area contributed by atoms with Gasteiger partial charge in [-0.05, 0) is 37.0 Å². The van der Waals surface area contributed by atoms with E-state index in [-0.39, 0.29) is 16.9 Å². The molecular formula is C16H21NO3. The molecule has 20 heavy (non-hydrogen) atoms. The highest BCUT2D eigenvalue weighted by atomic mass is 16.4. The number of benzene rings is 1. The van der Waals surface area contributed by atoms with Crippen LogP contribution in [0.3, 0.4) is 0 Å². The lowest BCUT2D eigenvalue weighted by molar-refractivity contribution is -0.132. The van der Waals surface area contributed by atoms with E-state index in [2.05, 4.69) is 26.1 Å². The third-order valence-electron chi connectivity index (χ3n) is 3.20. The smallest absolute Gasteiger partial charge is 0.333 e. The molecule has 0 unspecified atom stereocenters. The summed E-state index contributed by atoms with van der Waals surface area (Å²) in [5.74, 6) is -1.34. The molecule has 0 atom stereocenters. The van der Waals surface area contributed by atoms with Gasteiger partial charge in [-0.25, -0.2) is 4.79 Å². The predicted molar refractivity (Wildman–Crippen MR) is 78.6 cm³/mol. The standard InChI is InChI=1S/C16H21NO3/c1-10(15(19)20)11(2)17-14(18)12-6-8-13(9-7-12)16(3,4)5/h6-9H,1-5H3,(H,17,18)(H,19,20)/b11-10-. The minimum Gasteiger partial charge on any atom is -0.478 e. The van der Waals surface area contributed by atoms with E-state index >= 15 is 0 Å². The second-order valence-electron chi connectivity index (χ2n) is 5.84. The highest BCUT2D eigenvalue weighted by Crippen LogP contribution is 2.22. The number of hydrogen-bond donors (Lipinski definition) is 2. The fourth-order valence-corrected chi connectivity index (χ4v) is 1.62. The van der Waals surface area contributed by atoms with Gasteiger partial charge in [0.1, 0.15) is 0 Å². The van der Waals surface area contributed by atoms with Gasteiger partial charge in [0, 0.05) is 11.3 Å². The Morgan fingerprint density at radius 2 is 1.55 bits per heavy atom. The van der Waals surface area contributed by atoms with Crippen molar-refractivity contribution in [2.75, 3.05) is 0 Å². The topological polar surface area (TPSA) is 66.4 Å². The summed E-state index contributed by atoms with van der Waals surface area (Å²) < 4.78 is 0. The molecule has 2 N–H and O–H groups in total. The van der Waals surface area contributed by atoms with Crippen LogP contribution < -0.4 is 5.32 Å². The van der Waals surface area contributed by atoms with Crippen LogP contribution in [-0.2, 0) is 10.2 Å². The van der Waals surface area contributed by atoms with Crippen LogP contribution in [0.2, 0.25) is 0 Å². The van der Waals surface area contributed by atoms with Crippen LogP contribution in [0, 0.1) is 0 Å². The minimum atomic E-state index is -1.04. The lowest BCUT2D eigenvalue weighted by atomic mass is 9.87. The molecular weight excluding hydrogens is 254 g/mol. The number of carboxylic acids is 1. The molecule has 0 fully saturated rings. The predicted octanol–water partition coefficient (Wildman–Crippen LogP) is 3.09. The SMILES string of the molecule is C/C(NC(=O)c1ccc(C(C)(C)C)cc1)=C(\C)C(=O)O. The molecule has 1 aromatic carbocycles. The minimum absolute atomic E-state index is 0.0325. The number of rotatable bonds is 3. The summed E-state index contributed by atoms with van der Waals surface area (Å²) in [4.78, 5) is 22.8. The maximum absolute atomic E-state index is 12.0. The first kappa shape index (κ1) is 16.0. The molecule has 0 spiro atoms.